The van der Waals surface area contributed by atoms with E-state index in [9.17, 15) is 19.2 Å². The maximum Gasteiger partial charge on any atom is 0.338 e. The highest BCUT2D eigenvalue weighted by Gasteiger charge is 2.39. The lowest BCUT2D eigenvalue weighted by Crippen LogP contribution is -2.38. The molecule has 3 aromatic carbocycles. The van der Waals surface area contributed by atoms with E-state index < -0.39 is 18.6 Å². The number of Topliss-reactive ketones (excluding diaryl/α,β-unsaturated/α-hetero) is 1. The number of benzene rings is 3. The van der Waals surface area contributed by atoms with Gasteiger partial charge in [0.25, 0.3) is 5.91 Å². The number of hydrogen-bond donors (Lipinski definition) is 1. The van der Waals surface area contributed by atoms with E-state index in [4.69, 9.17) is 9.47 Å². The van der Waals surface area contributed by atoms with Crippen molar-refractivity contribution < 1.29 is 28.7 Å². The minimum atomic E-state index is -0.686. The fourth-order valence-electron chi connectivity index (χ4n) is 3.85. The summed E-state index contributed by atoms with van der Waals surface area (Å²) >= 11 is 0. The zero-order valence-corrected chi connectivity index (χ0v) is 20.0. The SMILES string of the molecule is COc1cccc(C(=O)COC(=O)c2ccc(N3C(=O)CC(NCc4ccc(C)cc4)C3=O)cc2)c1. The summed E-state index contributed by atoms with van der Waals surface area (Å²) in [4.78, 5) is 51.3. The number of carbonyl (C=O) groups is 4. The van der Waals surface area contributed by atoms with Gasteiger partial charge in [0.15, 0.2) is 12.4 Å². The summed E-state index contributed by atoms with van der Waals surface area (Å²) in [5, 5.41) is 3.15. The van der Waals surface area contributed by atoms with Gasteiger partial charge in [-0.15, -0.1) is 0 Å². The third kappa shape index (κ3) is 5.67. The van der Waals surface area contributed by atoms with Crippen LogP contribution < -0.4 is 15.0 Å². The largest absolute Gasteiger partial charge is 0.497 e. The highest BCUT2D eigenvalue weighted by atomic mass is 16.5. The summed E-state index contributed by atoms with van der Waals surface area (Å²) < 4.78 is 10.2. The first kappa shape index (κ1) is 24.8. The first-order valence-electron chi connectivity index (χ1n) is 11.5. The van der Waals surface area contributed by atoms with Gasteiger partial charge in [0.1, 0.15) is 5.75 Å². The van der Waals surface area contributed by atoms with Crippen LogP contribution in [0.1, 0.15) is 38.3 Å². The average Bonchev–Trinajstić information content (AvgIpc) is 3.19. The van der Waals surface area contributed by atoms with Gasteiger partial charge in [-0.2, -0.15) is 0 Å². The molecule has 0 spiro atoms. The molecule has 0 bridgehead atoms. The molecule has 1 aliphatic rings. The van der Waals surface area contributed by atoms with Crippen LogP contribution in [-0.4, -0.2) is 43.3 Å². The van der Waals surface area contributed by atoms with Crippen LogP contribution in [-0.2, 0) is 20.9 Å². The van der Waals surface area contributed by atoms with Crippen LogP contribution in [0.2, 0.25) is 0 Å². The van der Waals surface area contributed by atoms with E-state index in [0.29, 0.717) is 23.5 Å². The molecule has 36 heavy (non-hydrogen) atoms. The molecular formula is C28H26N2O6. The van der Waals surface area contributed by atoms with Crippen molar-refractivity contribution in [3.63, 3.8) is 0 Å². The van der Waals surface area contributed by atoms with Gasteiger partial charge >= 0.3 is 5.97 Å². The number of rotatable bonds is 9. The van der Waals surface area contributed by atoms with Crippen LogP contribution in [0.4, 0.5) is 5.69 Å². The number of anilines is 1. The van der Waals surface area contributed by atoms with E-state index >= 15 is 0 Å². The molecule has 1 heterocycles. The van der Waals surface area contributed by atoms with Crippen molar-refractivity contribution in [1.29, 1.82) is 0 Å². The summed E-state index contributed by atoms with van der Waals surface area (Å²) in [6.07, 6.45) is 0.0564. The fraction of sp³-hybridized carbons (Fsp3) is 0.214. The molecule has 1 N–H and O–H groups in total. The lowest BCUT2D eigenvalue weighted by Gasteiger charge is -2.16. The molecule has 1 aliphatic heterocycles. The predicted molar refractivity (Wildman–Crippen MR) is 133 cm³/mol. The molecule has 0 aromatic heterocycles. The van der Waals surface area contributed by atoms with E-state index in [1.165, 1.54) is 31.4 Å². The number of ether oxygens (including phenoxy) is 2. The maximum atomic E-state index is 12.9. The molecule has 1 fully saturated rings. The molecular weight excluding hydrogens is 460 g/mol. The quantitative estimate of drug-likeness (QED) is 0.281. The Morgan fingerprint density at radius 2 is 1.69 bits per heavy atom. The normalized spacial score (nSPS) is 15.2. The van der Waals surface area contributed by atoms with Gasteiger partial charge < -0.3 is 14.8 Å². The van der Waals surface area contributed by atoms with Crippen LogP contribution in [0.15, 0.2) is 72.8 Å². The highest BCUT2D eigenvalue weighted by Crippen LogP contribution is 2.24. The van der Waals surface area contributed by atoms with Crippen molar-refractivity contribution in [3.05, 3.63) is 95.1 Å². The second-order valence-electron chi connectivity index (χ2n) is 8.47. The number of hydrogen-bond acceptors (Lipinski definition) is 7. The second-order valence-corrected chi connectivity index (χ2v) is 8.47. The molecule has 4 rings (SSSR count). The van der Waals surface area contributed by atoms with Crippen molar-refractivity contribution in [3.8, 4) is 5.75 Å². The van der Waals surface area contributed by atoms with Gasteiger partial charge in [-0.05, 0) is 48.9 Å². The van der Waals surface area contributed by atoms with Crippen LogP contribution >= 0.6 is 0 Å². The number of carbonyl (C=O) groups excluding carboxylic acids is 4. The molecule has 2 amide bonds. The third-order valence-electron chi connectivity index (χ3n) is 5.91. The summed E-state index contributed by atoms with van der Waals surface area (Å²) in [5.74, 6) is -1.18. The average molecular weight is 487 g/mol. The Morgan fingerprint density at radius 3 is 2.39 bits per heavy atom. The number of aryl methyl sites for hydroxylation is 1. The Labute approximate surface area is 208 Å². The van der Waals surface area contributed by atoms with Gasteiger partial charge in [0.05, 0.1) is 30.8 Å². The summed E-state index contributed by atoms with van der Waals surface area (Å²) in [5.41, 5.74) is 3.10. The van der Waals surface area contributed by atoms with E-state index in [-0.39, 0.29) is 29.6 Å². The van der Waals surface area contributed by atoms with Crippen molar-refractivity contribution in [2.24, 2.45) is 0 Å². The smallest absolute Gasteiger partial charge is 0.338 e. The Morgan fingerprint density at radius 1 is 0.972 bits per heavy atom. The standard InChI is InChI=1S/C28H26N2O6/c1-18-6-8-19(9-7-18)16-29-24-15-26(32)30(27(24)33)22-12-10-20(11-13-22)28(34)36-17-25(31)21-4-3-5-23(14-21)35-2/h3-14,24,29H,15-17H2,1-2H3. The van der Waals surface area contributed by atoms with Crippen molar-refractivity contribution in [2.45, 2.75) is 25.9 Å². The van der Waals surface area contributed by atoms with E-state index in [1.54, 1.807) is 24.3 Å². The number of nitrogens with zero attached hydrogens (tertiary/aromatic N) is 1. The predicted octanol–water partition coefficient (Wildman–Crippen LogP) is 3.47. The number of amides is 2. The molecule has 0 aliphatic carbocycles. The number of esters is 1. The highest BCUT2D eigenvalue weighted by molar-refractivity contribution is 6.22. The van der Waals surface area contributed by atoms with Crippen LogP contribution in [0, 0.1) is 6.92 Å². The number of methoxy groups -OCH3 is 1. The Hall–Kier alpha value is -4.30. The first-order valence-corrected chi connectivity index (χ1v) is 11.5. The number of imide groups is 1. The Kier molecular flexibility index (Phi) is 7.56. The molecule has 3 aromatic rings. The van der Waals surface area contributed by atoms with Gasteiger partial charge in [-0.3, -0.25) is 14.4 Å². The maximum absolute atomic E-state index is 12.9. The van der Waals surface area contributed by atoms with E-state index in [0.717, 1.165) is 16.0 Å². The van der Waals surface area contributed by atoms with Crippen LogP contribution in [0.5, 0.6) is 5.75 Å². The zero-order chi connectivity index (χ0) is 25.7. The van der Waals surface area contributed by atoms with Gasteiger partial charge in [-0.25, -0.2) is 9.69 Å². The summed E-state index contributed by atoms with van der Waals surface area (Å²) in [6.45, 7) is 2.05. The minimum absolute atomic E-state index is 0.0564. The first-order chi connectivity index (χ1) is 17.4. The summed E-state index contributed by atoms with van der Waals surface area (Å²) in [6, 6.07) is 19.8. The van der Waals surface area contributed by atoms with Crippen molar-refractivity contribution >= 4 is 29.3 Å². The molecule has 1 unspecified atom stereocenters. The van der Waals surface area contributed by atoms with Crippen molar-refractivity contribution in [2.75, 3.05) is 18.6 Å². The van der Waals surface area contributed by atoms with E-state index in [1.807, 2.05) is 31.2 Å². The molecule has 1 atom stereocenters. The van der Waals surface area contributed by atoms with Crippen molar-refractivity contribution in [1.82, 2.24) is 5.32 Å². The molecule has 184 valence electrons. The third-order valence-corrected chi connectivity index (χ3v) is 5.91. The Balaban J connectivity index is 1.34. The van der Waals surface area contributed by atoms with E-state index in [2.05, 4.69) is 5.32 Å². The lowest BCUT2D eigenvalue weighted by molar-refractivity contribution is -0.121. The molecule has 8 nitrogen and oxygen atoms in total. The van der Waals surface area contributed by atoms with Gasteiger partial charge in [0, 0.05) is 12.1 Å². The monoisotopic (exact) mass is 486 g/mol. The second kappa shape index (κ2) is 11.0. The molecule has 0 saturated carbocycles. The van der Waals surface area contributed by atoms with Crippen LogP contribution in [0.25, 0.3) is 0 Å². The summed E-state index contributed by atoms with van der Waals surface area (Å²) in [7, 11) is 1.50. The fourth-order valence-corrected chi connectivity index (χ4v) is 3.85. The topological polar surface area (TPSA) is 102 Å². The molecule has 1 saturated heterocycles. The lowest BCUT2D eigenvalue weighted by atomic mass is 10.1. The minimum Gasteiger partial charge on any atom is -0.497 e. The molecule has 8 heteroatoms. The zero-order valence-electron chi connectivity index (χ0n) is 20.0. The Bertz CT molecular complexity index is 1280. The van der Waals surface area contributed by atoms with Gasteiger partial charge in [-0.1, -0.05) is 42.0 Å². The number of nitrogens with one attached hydrogen (secondary N) is 1. The van der Waals surface area contributed by atoms with Crippen LogP contribution in [0.3, 0.4) is 0 Å². The molecule has 0 radical (unpaired) electrons. The van der Waals surface area contributed by atoms with Gasteiger partial charge in [0.2, 0.25) is 5.91 Å². The number of ketones is 1.